The van der Waals surface area contributed by atoms with Gasteiger partial charge in [0.2, 0.25) is 0 Å². The molecule has 0 amide bonds. The number of benzene rings is 2. The second kappa shape index (κ2) is 9.43. The first-order valence-corrected chi connectivity index (χ1v) is 9.93. The molecule has 0 fully saturated rings. The largest absolute Gasteiger partial charge is 0.476 e. The van der Waals surface area contributed by atoms with Crippen molar-refractivity contribution >= 4 is 5.97 Å². The highest BCUT2D eigenvalue weighted by Gasteiger charge is 2.30. The highest BCUT2D eigenvalue weighted by Crippen LogP contribution is 2.20. The number of H-pyrrole nitrogens is 1. The lowest BCUT2D eigenvalue weighted by molar-refractivity contribution is -0.156. The van der Waals surface area contributed by atoms with Gasteiger partial charge in [-0.05, 0) is 49.9 Å². The number of methoxy groups -OCH3 is 1. The number of rotatable bonds is 9. The summed E-state index contributed by atoms with van der Waals surface area (Å²) in [5, 5.41) is 6.74. The molecule has 0 spiro atoms. The number of nitrogens with zero attached hydrogens (tertiary/aromatic N) is 2. The van der Waals surface area contributed by atoms with Crippen LogP contribution in [0.3, 0.4) is 0 Å². The summed E-state index contributed by atoms with van der Waals surface area (Å²) < 4.78 is 12.2. The molecule has 1 aromatic heterocycles. The molecule has 0 saturated carbocycles. The van der Waals surface area contributed by atoms with Crippen molar-refractivity contribution in [3.8, 4) is 5.75 Å². The minimum atomic E-state index is -1.04. The molecule has 7 heteroatoms. The zero-order valence-corrected chi connectivity index (χ0v) is 17.6. The smallest absolute Gasteiger partial charge is 0.349 e. The SMILES string of the molecule is COC(=O)C(C)(C)Oc1ccc(CCCc2n[nH]c(=O)n2Cc2ccccc2)cc1. The molecule has 3 aromatic rings. The Bertz CT molecular complexity index is 1020. The van der Waals surface area contributed by atoms with Crippen molar-refractivity contribution in [2.45, 2.75) is 45.3 Å². The molecule has 0 radical (unpaired) electrons. The molecular formula is C23H27N3O4. The number of esters is 1. The number of aryl methyl sites for hydroxylation is 2. The van der Waals surface area contributed by atoms with Crippen molar-refractivity contribution in [3.63, 3.8) is 0 Å². The van der Waals surface area contributed by atoms with Crippen LogP contribution in [0.2, 0.25) is 0 Å². The van der Waals surface area contributed by atoms with Crippen molar-refractivity contribution in [3.05, 3.63) is 82.0 Å². The topological polar surface area (TPSA) is 86.2 Å². The lowest BCUT2D eigenvalue weighted by Crippen LogP contribution is -2.39. The average molecular weight is 409 g/mol. The standard InChI is InChI=1S/C23H27N3O4/c1-23(2,21(27)29-3)30-19-14-12-17(13-15-19)10-7-11-20-24-25-22(28)26(20)16-18-8-5-4-6-9-18/h4-6,8-9,12-15H,7,10-11,16H2,1-3H3,(H,25,28). The number of hydrogen-bond acceptors (Lipinski definition) is 5. The van der Waals surface area contributed by atoms with Crippen molar-refractivity contribution in [2.24, 2.45) is 0 Å². The summed E-state index contributed by atoms with van der Waals surface area (Å²) in [6.07, 6.45) is 2.39. The third kappa shape index (κ3) is 5.37. The van der Waals surface area contributed by atoms with Crippen LogP contribution in [0.1, 0.15) is 37.2 Å². The second-order valence-corrected chi connectivity index (χ2v) is 7.62. The van der Waals surface area contributed by atoms with E-state index >= 15 is 0 Å². The van der Waals surface area contributed by atoms with Crippen LogP contribution in [0.5, 0.6) is 5.75 Å². The van der Waals surface area contributed by atoms with Gasteiger partial charge in [0.05, 0.1) is 13.7 Å². The molecular weight excluding hydrogens is 382 g/mol. The van der Waals surface area contributed by atoms with Gasteiger partial charge in [0, 0.05) is 6.42 Å². The van der Waals surface area contributed by atoms with Crippen LogP contribution >= 0.6 is 0 Å². The van der Waals surface area contributed by atoms with E-state index in [1.54, 1.807) is 18.4 Å². The summed E-state index contributed by atoms with van der Waals surface area (Å²) in [5.74, 6) is 0.939. The lowest BCUT2D eigenvalue weighted by atomic mass is 10.1. The number of ether oxygens (including phenoxy) is 2. The van der Waals surface area contributed by atoms with Gasteiger partial charge in [-0.3, -0.25) is 4.57 Å². The lowest BCUT2D eigenvalue weighted by Gasteiger charge is -2.23. The number of hydrogen-bond donors (Lipinski definition) is 1. The van der Waals surface area contributed by atoms with Crippen LogP contribution in [0.25, 0.3) is 0 Å². The van der Waals surface area contributed by atoms with Gasteiger partial charge >= 0.3 is 11.7 Å². The summed E-state index contributed by atoms with van der Waals surface area (Å²) >= 11 is 0. The van der Waals surface area contributed by atoms with Gasteiger partial charge in [-0.15, -0.1) is 0 Å². The van der Waals surface area contributed by atoms with E-state index in [-0.39, 0.29) is 5.69 Å². The summed E-state index contributed by atoms with van der Waals surface area (Å²) in [6.45, 7) is 3.85. The number of nitrogens with one attached hydrogen (secondary N) is 1. The Kier molecular flexibility index (Phi) is 6.72. The highest BCUT2D eigenvalue weighted by molar-refractivity contribution is 5.78. The van der Waals surface area contributed by atoms with Crippen molar-refractivity contribution in [1.82, 2.24) is 14.8 Å². The van der Waals surface area contributed by atoms with Crippen molar-refractivity contribution in [1.29, 1.82) is 0 Å². The molecule has 0 atom stereocenters. The molecule has 0 bridgehead atoms. The van der Waals surface area contributed by atoms with E-state index in [2.05, 4.69) is 10.2 Å². The van der Waals surface area contributed by atoms with Gasteiger partial charge in [0.15, 0.2) is 5.60 Å². The Hall–Kier alpha value is -3.35. The van der Waals surface area contributed by atoms with Crippen molar-refractivity contribution in [2.75, 3.05) is 7.11 Å². The minimum Gasteiger partial charge on any atom is -0.476 e. The molecule has 158 valence electrons. The van der Waals surface area contributed by atoms with E-state index in [1.165, 1.54) is 7.11 Å². The number of aromatic amines is 1. The van der Waals surface area contributed by atoms with Crippen LogP contribution < -0.4 is 10.4 Å². The van der Waals surface area contributed by atoms with Gasteiger partial charge in [0.1, 0.15) is 11.6 Å². The molecule has 0 unspecified atom stereocenters. The highest BCUT2D eigenvalue weighted by atomic mass is 16.6. The molecule has 7 nitrogen and oxygen atoms in total. The third-order valence-electron chi connectivity index (χ3n) is 4.86. The number of carbonyl (C=O) groups excluding carboxylic acids is 1. The fourth-order valence-electron chi connectivity index (χ4n) is 3.23. The first-order valence-electron chi connectivity index (χ1n) is 9.93. The van der Waals surface area contributed by atoms with Crippen LogP contribution in [-0.2, 0) is 28.9 Å². The quantitative estimate of drug-likeness (QED) is 0.549. The predicted octanol–water partition coefficient (Wildman–Crippen LogP) is 3.13. The molecule has 0 saturated heterocycles. The van der Waals surface area contributed by atoms with E-state index in [1.807, 2.05) is 54.6 Å². The second-order valence-electron chi connectivity index (χ2n) is 7.62. The predicted molar refractivity (Wildman–Crippen MR) is 114 cm³/mol. The monoisotopic (exact) mass is 409 g/mol. The fourth-order valence-corrected chi connectivity index (χ4v) is 3.23. The van der Waals surface area contributed by atoms with E-state index in [0.717, 1.165) is 29.8 Å². The van der Waals surface area contributed by atoms with Gasteiger partial charge in [-0.2, -0.15) is 5.10 Å². The molecule has 1 heterocycles. The maximum absolute atomic E-state index is 12.1. The van der Waals surface area contributed by atoms with E-state index in [9.17, 15) is 9.59 Å². The average Bonchev–Trinajstić information content (AvgIpc) is 3.08. The van der Waals surface area contributed by atoms with Crippen LogP contribution in [0, 0.1) is 0 Å². The summed E-state index contributed by atoms with van der Waals surface area (Å²) in [6, 6.07) is 17.5. The number of aromatic nitrogens is 3. The summed E-state index contributed by atoms with van der Waals surface area (Å²) in [7, 11) is 1.34. The Morgan fingerprint density at radius 1 is 1.03 bits per heavy atom. The normalized spacial score (nSPS) is 11.3. The Balaban J connectivity index is 1.56. The zero-order chi connectivity index (χ0) is 21.6. The molecule has 0 aliphatic heterocycles. The summed E-state index contributed by atoms with van der Waals surface area (Å²) in [5.41, 5.74) is 0.973. The molecule has 0 aliphatic rings. The first-order chi connectivity index (χ1) is 14.4. The maximum atomic E-state index is 12.1. The molecule has 2 aromatic carbocycles. The van der Waals surface area contributed by atoms with Gasteiger partial charge < -0.3 is 9.47 Å². The Morgan fingerprint density at radius 2 is 1.73 bits per heavy atom. The zero-order valence-electron chi connectivity index (χ0n) is 17.6. The van der Waals surface area contributed by atoms with Gasteiger partial charge in [-0.25, -0.2) is 14.7 Å². The van der Waals surface area contributed by atoms with Crippen molar-refractivity contribution < 1.29 is 14.3 Å². The molecule has 3 rings (SSSR count). The fraction of sp³-hybridized carbons (Fsp3) is 0.348. The molecule has 1 N–H and O–H groups in total. The molecule has 30 heavy (non-hydrogen) atoms. The van der Waals surface area contributed by atoms with Gasteiger partial charge in [0.25, 0.3) is 0 Å². The molecule has 0 aliphatic carbocycles. The summed E-state index contributed by atoms with van der Waals surface area (Å²) in [4.78, 5) is 23.8. The van der Waals surface area contributed by atoms with E-state index < -0.39 is 11.6 Å². The van der Waals surface area contributed by atoms with E-state index in [0.29, 0.717) is 18.7 Å². The maximum Gasteiger partial charge on any atom is 0.349 e. The van der Waals surface area contributed by atoms with Crippen LogP contribution in [-0.4, -0.2) is 33.4 Å². The Labute approximate surface area is 175 Å². The van der Waals surface area contributed by atoms with E-state index in [4.69, 9.17) is 9.47 Å². The first kappa shape index (κ1) is 21.4. The van der Waals surface area contributed by atoms with Crippen LogP contribution in [0.4, 0.5) is 0 Å². The Morgan fingerprint density at radius 3 is 2.40 bits per heavy atom. The third-order valence-corrected chi connectivity index (χ3v) is 4.86. The van der Waals surface area contributed by atoms with Gasteiger partial charge in [-0.1, -0.05) is 42.5 Å². The number of carbonyl (C=O) groups is 1. The van der Waals surface area contributed by atoms with Crippen LogP contribution in [0.15, 0.2) is 59.4 Å². The minimum absolute atomic E-state index is 0.191.